The summed E-state index contributed by atoms with van der Waals surface area (Å²) in [5.74, 6) is 3.32. The number of aliphatic hydroxyl groups is 1. The number of hydrogen-bond donors (Lipinski definition) is 3. The zero-order chi connectivity index (χ0) is 44.5. The molecule has 0 radical (unpaired) electrons. The van der Waals surface area contributed by atoms with E-state index in [9.17, 15) is 24.8 Å². The van der Waals surface area contributed by atoms with E-state index in [4.69, 9.17) is 38.9 Å². The first-order chi connectivity index (χ1) is 30.5. The first-order valence-corrected chi connectivity index (χ1v) is 20.5. The number of ether oxygens (including phenoxy) is 4. The number of nitro groups is 1. The number of carbonyl (C=O) groups is 2. The van der Waals surface area contributed by atoms with Crippen molar-refractivity contribution in [1.82, 2.24) is 29.7 Å². The smallest absolute Gasteiger partial charge is 0.409 e. The highest BCUT2D eigenvalue weighted by atomic mass is 16.6. The van der Waals surface area contributed by atoms with Gasteiger partial charge in [-0.25, -0.2) is 19.6 Å². The molecule has 0 aliphatic carbocycles. The lowest BCUT2D eigenvalue weighted by atomic mass is 10.2. The molecule has 20 heteroatoms. The van der Waals surface area contributed by atoms with E-state index in [0.717, 1.165) is 22.6 Å². The molecule has 4 heterocycles. The monoisotopic (exact) mass is 865 g/mol. The molecule has 3 N–H and O–H groups in total. The molecule has 2 aliphatic heterocycles. The summed E-state index contributed by atoms with van der Waals surface area (Å²) in [4.78, 5) is 62.9. The Morgan fingerprint density at radius 3 is 1.71 bits per heavy atom. The number of non-ortho nitro benzene ring substituents is 1. The van der Waals surface area contributed by atoms with Gasteiger partial charge in [0.25, 0.3) is 5.69 Å². The number of methoxy groups -OCH3 is 2. The van der Waals surface area contributed by atoms with Gasteiger partial charge in [-0.05, 0) is 59.5 Å². The number of nitro benzene ring substituents is 1. The van der Waals surface area contributed by atoms with Gasteiger partial charge in [0, 0.05) is 78.5 Å². The maximum absolute atomic E-state index is 13.2. The summed E-state index contributed by atoms with van der Waals surface area (Å²) in [7, 11) is 6.39. The lowest BCUT2D eigenvalue weighted by Gasteiger charge is -2.24. The number of β-amino-alcohol motifs (C(OH)–C–C–N with tert-alkyl or cyclic N) is 1. The Hall–Kier alpha value is -7.22. The van der Waals surface area contributed by atoms with Gasteiger partial charge in [0.1, 0.15) is 35.2 Å². The lowest BCUT2D eigenvalue weighted by molar-refractivity contribution is -0.384. The van der Waals surface area contributed by atoms with Gasteiger partial charge in [-0.2, -0.15) is 9.97 Å². The van der Waals surface area contributed by atoms with E-state index in [2.05, 4.69) is 10.6 Å². The van der Waals surface area contributed by atoms with Crippen LogP contribution in [0.1, 0.15) is 29.5 Å². The highest BCUT2D eigenvalue weighted by Crippen LogP contribution is 2.32. The standard InChI is InChI=1S/C43H51N11O9/c1-50(42(56)62-27-30-5-11-31(12-6-30)54(58)59)21-22-51(2)43(57)63-35-18-20-53(26-35)41-47-37-36(39(49-41)45-24-29-9-15-34(61-4)16-10-29)46-40(52-19-17-32(55)25-52)48-38(37)44-23-28-7-13-33(60-3)14-8-28/h5-16,32,35,55H,17-27H2,1-4H3,(H,44,46,48)(H,45,47,49). The van der Waals surface area contributed by atoms with Crippen molar-refractivity contribution in [2.75, 3.05) is 88.0 Å². The molecule has 0 saturated carbocycles. The number of likely N-dealkylation sites (N-methyl/N-ethyl adjacent to an activating group) is 2. The van der Waals surface area contributed by atoms with Gasteiger partial charge in [-0.15, -0.1) is 0 Å². The topological polar surface area (TPSA) is 223 Å². The van der Waals surface area contributed by atoms with E-state index < -0.39 is 29.3 Å². The van der Waals surface area contributed by atoms with E-state index in [1.807, 2.05) is 58.3 Å². The third-order valence-electron chi connectivity index (χ3n) is 10.8. The highest BCUT2D eigenvalue weighted by Gasteiger charge is 2.31. The summed E-state index contributed by atoms with van der Waals surface area (Å²) in [5, 5.41) is 28.3. The Kier molecular flexibility index (Phi) is 14.0. The molecule has 2 aromatic heterocycles. The van der Waals surface area contributed by atoms with Crippen LogP contribution in [-0.4, -0.2) is 132 Å². The van der Waals surface area contributed by atoms with Crippen LogP contribution in [0, 0.1) is 10.1 Å². The van der Waals surface area contributed by atoms with Crippen molar-refractivity contribution >= 4 is 52.4 Å². The SMILES string of the molecule is COc1ccc(CNc2nc(N3CCC(OC(=O)N(C)CCN(C)C(=O)OCc4ccc([N+](=O)[O-])cc4)C3)nc3c(NCc4ccc(OC)cc4)nc(N4CCC(O)C4)nc23)cc1. The normalized spacial score (nSPS) is 15.8. The van der Waals surface area contributed by atoms with Gasteiger partial charge in [0.15, 0.2) is 11.6 Å². The fourth-order valence-corrected chi connectivity index (χ4v) is 6.99. The van der Waals surface area contributed by atoms with Crippen LogP contribution < -0.4 is 29.9 Å². The predicted octanol–water partition coefficient (Wildman–Crippen LogP) is 5.06. The van der Waals surface area contributed by atoms with Crippen molar-refractivity contribution < 1.29 is 38.6 Å². The largest absolute Gasteiger partial charge is 0.497 e. The van der Waals surface area contributed by atoms with Gasteiger partial charge in [-0.3, -0.25) is 10.1 Å². The first-order valence-electron chi connectivity index (χ1n) is 20.5. The van der Waals surface area contributed by atoms with Gasteiger partial charge >= 0.3 is 12.2 Å². The van der Waals surface area contributed by atoms with Crippen LogP contribution >= 0.6 is 0 Å². The molecule has 2 fully saturated rings. The van der Waals surface area contributed by atoms with Crippen LogP contribution in [0.25, 0.3) is 11.0 Å². The molecule has 7 rings (SSSR count). The molecule has 2 unspecified atom stereocenters. The number of benzene rings is 3. The summed E-state index contributed by atoms with van der Waals surface area (Å²) in [6, 6.07) is 21.2. The summed E-state index contributed by atoms with van der Waals surface area (Å²) in [6.07, 6.45) is -0.980. The van der Waals surface area contributed by atoms with Gasteiger partial charge in [0.2, 0.25) is 11.9 Å². The number of carbonyl (C=O) groups excluding carboxylic acids is 2. The molecule has 332 valence electrons. The molecule has 2 atom stereocenters. The van der Waals surface area contributed by atoms with Crippen LogP contribution in [0.3, 0.4) is 0 Å². The van der Waals surface area contributed by atoms with Crippen molar-refractivity contribution in [3.05, 3.63) is 99.6 Å². The number of nitrogens with zero attached hydrogens (tertiary/aromatic N) is 9. The van der Waals surface area contributed by atoms with E-state index in [1.54, 1.807) is 28.3 Å². The van der Waals surface area contributed by atoms with Crippen molar-refractivity contribution in [2.24, 2.45) is 0 Å². The molecule has 2 aliphatic rings. The second-order valence-electron chi connectivity index (χ2n) is 15.3. The Labute approximate surface area is 363 Å². The third kappa shape index (κ3) is 11.2. The average Bonchev–Trinajstić information content (AvgIpc) is 3.97. The molecule has 5 aromatic rings. The van der Waals surface area contributed by atoms with Crippen LogP contribution in [0.5, 0.6) is 11.5 Å². The quantitative estimate of drug-likeness (QED) is 0.0821. The number of rotatable bonds is 17. The number of aromatic nitrogens is 4. The highest BCUT2D eigenvalue weighted by molar-refractivity contribution is 5.94. The van der Waals surface area contributed by atoms with Gasteiger partial charge in [-0.1, -0.05) is 24.3 Å². The summed E-state index contributed by atoms with van der Waals surface area (Å²) in [6.45, 7) is 2.98. The van der Waals surface area contributed by atoms with Gasteiger partial charge in [0.05, 0.1) is 31.8 Å². The molecule has 0 spiro atoms. The Balaban J connectivity index is 1.05. The van der Waals surface area contributed by atoms with Crippen LogP contribution in [0.15, 0.2) is 72.8 Å². The van der Waals surface area contributed by atoms with Crippen molar-refractivity contribution in [3.8, 4) is 11.5 Å². The van der Waals surface area contributed by atoms with E-state index in [-0.39, 0.29) is 25.4 Å². The molecular formula is C43H51N11O9. The average molecular weight is 866 g/mol. The summed E-state index contributed by atoms with van der Waals surface area (Å²) < 4.78 is 21.9. The molecule has 20 nitrogen and oxygen atoms in total. The maximum atomic E-state index is 13.2. The second-order valence-corrected chi connectivity index (χ2v) is 15.3. The molecule has 3 aromatic carbocycles. The summed E-state index contributed by atoms with van der Waals surface area (Å²) in [5.41, 5.74) is 3.52. The van der Waals surface area contributed by atoms with E-state index >= 15 is 0 Å². The number of anilines is 4. The van der Waals surface area contributed by atoms with Crippen LogP contribution in [-0.2, 0) is 29.2 Å². The van der Waals surface area contributed by atoms with E-state index in [1.165, 1.54) is 34.1 Å². The van der Waals surface area contributed by atoms with Crippen molar-refractivity contribution in [2.45, 2.75) is 44.7 Å². The molecule has 0 bridgehead atoms. The molecule has 2 saturated heterocycles. The second kappa shape index (κ2) is 20.1. The van der Waals surface area contributed by atoms with Crippen molar-refractivity contribution in [3.63, 3.8) is 0 Å². The fraction of sp³-hybridized carbons (Fsp3) is 0.395. The molecule has 63 heavy (non-hydrogen) atoms. The minimum Gasteiger partial charge on any atom is -0.497 e. The number of fused-ring (bicyclic) bond motifs is 1. The zero-order valence-electron chi connectivity index (χ0n) is 35.6. The third-order valence-corrected chi connectivity index (χ3v) is 10.8. The van der Waals surface area contributed by atoms with Crippen LogP contribution in [0.2, 0.25) is 0 Å². The number of aliphatic hydroxyl groups excluding tert-OH is 1. The fourth-order valence-electron chi connectivity index (χ4n) is 6.99. The van der Waals surface area contributed by atoms with E-state index in [0.29, 0.717) is 92.2 Å². The minimum atomic E-state index is -0.606. The molecule has 2 amide bonds. The Bertz CT molecular complexity index is 2370. The van der Waals surface area contributed by atoms with Crippen LogP contribution in [0.4, 0.5) is 38.8 Å². The number of nitrogens with one attached hydrogen (secondary N) is 2. The zero-order valence-corrected chi connectivity index (χ0v) is 35.6. The lowest BCUT2D eigenvalue weighted by Crippen LogP contribution is -2.39. The first kappa shape index (κ1) is 43.9. The number of hydrogen-bond acceptors (Lipinski definition) is 17. The summed E-state index contributed by atoms with van der Waals surface area (Å²) >= 11 is 0. The van der Waals surface area contributed by atoms with Crippen molar-refractivity contribution in [1.29, 1.82) is 0 Å². The number of amides is 2. The Morgan fingerprint density at radius 1 is 0.730 bits per heavy atom. The predicted molar refractivity (Wildman–Crippen MR) is 234 cm³/mol. The maximum Gasteiger partial charge on any atom is 0.409 e. The minimum absolute atomic E-state index is 0.0547. The Morgan fingerprint density at radius 2 is 1.22 bits per heavy atom. The van der Waals surface area contributed by atoms with Gasteiger partial charge < -0.3 is 54.3 Å². The molecular weight excluding hydrogens is 815 g/mol.